The molecule has 1 aromatic rings. The maximum Gasteiger partial charge on any atom is 0.185 e. The van der Waals surface area contributed by atoms with E-state index in [1.165, 1.54) is 0 Å². The second kappa shape index (κ2) is 3.66. The van der Waals surface area contributed by atoms with Gasteiger partial charge >= 0.3 is 0 Å². The van der Waals surface area contributed by atoms with Crippen LogP contribution in [0, 0.1) is 0 Å². The van der Waals surface area contributed by atoms with Crippen LogP contribution < -0.4 is 10.1 Å². The summed E-state index contributed by atoms with van der Waals surface area (Å²) in [6, 6.07) is 9.52. The predicted octanol–water partition coefficient (Wildman–Crippen LogP) is 1.76. The minimum absolute atomic E-state index is 0.552. The van der Waals surface area contributed by atoms with Crippen molar-refractivity contribution in [3.63, 3.8) is 0 Å². The summed E-state index contributed by atoms with van der Waals surface area (Å²) in [6.07, 6.45) is 0. The van der Waals surface area contributed by atoms with Gasteiger partial charge in [-0.2, -0.15) is 0 Å². The molecule has 0 saturated heterocycles. The van der Waals surface area contributed by atoms with Gasteiger partial charge in [-0.3, -0.25) is 0 Å². The zero-order valence-corrected chi connectivity index (χ0v) is 6.50. The van der Waals surface area contributed by atoms with Crippen molar-refractivity contribution in [3.8, 4) is 5.75 Å². The highest BCUT2D eigenvalue weighted by Crippen LogP contribution is 2.09. The minimum Gasteiger partial charge on any atom is -0.442 e. The van der Waals surface area contributed by atoms with Crippen LogP contribution in [0.25, 0.3) is 0 Å². The molecule has 0 unspecified atom stereocenters. The molecule has 11 heavy (non-hydrogen) atoms. The maximum absolute atomic E-state index is 5.26. The fourth-order valence-electron chi connectivity index (χ4n) is 0.682. The van der Waals surface area contributed by atoms with Gasteiger partial charge in [-0.25, -0.2) is 0 Å². The lowest BCUT2D eigenvalue weighted by Gasteiger charge is -2.06. The van der Waals surface area contributed by atoms with Crippen LogP contribution in [0.15, 0.2) is 42.8 Å². The van der Waals surface area contributed by atoms with E-state index >= 15 is 0 Å². The van der Waals surface area contributed by atoms with Gasteiger partial charge < -0.3 is 10.1 Å². The Morgan fingerprint density at radius 3 is 2.55 bits per heavy atom. The number of hydrogen-bond acceptors (Lipinski definition) is 2. The Hall–Kier alpha value is -1.44. The molecule has 0 saturated carbocycles. The van der Waals surface area contributed by atoms with Gasteiger partial charge in [0, 0.05) is 7.05 Å². The van der Waals surface area contributed by atoms with Gasteiger partial charge in [-0.15, -0.1) is 0 Å². The zero-order valence-electron chi connectivity index (χ0n) is 6.50. The lowest BCUT2D eigenvalue weighted by Crippen LogP contribution is -2.10. The van der Waals surface area contributed by atoms with Crippen LogP contribution >= 0.6 is 0 Å². The van der Waals surface area contributed by atoms with Crippen molar-refractivity contribution in [2.45, 2.75) is 0 Å². The largest absolute Gasteiger partial charge is 0.442 e. The molecule has 0 heterocycles. The SMILES string of the molecule is C=C(NC)Oc1ccccc1. The molecule has 0 radical (unpaired) electrons. The van der Waals surface area contributed by atoms with E-state index in [2.05, 4.69) is 11.9 Å². The van der Waals surface area contributed by atoms with Crippen molar-refractivity contribution >= 4 is 0 Å². The number of para-hydroxylation sites is 1. The van der Waals surface area contributed by atoms with Gasteiger partial charge in [0.1, 0.15) is 5.75 Å². The summed E-state index contributed by atoms with van der Waals surface area (Å²) in [5.74, 6) is 1.35. The highest BCUT2D eigenvalue weighted by Gasteiger charge is 1.91. The van der Waals surface area contributed by atoms with Crippen LogP contribution in [0.3, 0.4) is 0 Å². The first-order valence-electron chi connectivity index (χ1n) is 3.42. The Bertz CT molecular complexity index is 231. The van der Waals surface area contributed by atoms with Crippen molar-refractivity contribution in [3.05, 3.63) is 42.8 Å². The average Bonchev–Trinajstić information content (AvgIpc) is 2.06. The third kappa shape index (κ3) is 2.34. The van der Waals surface area contributed by atoms with E-state index in [0.29, 0.717) is 5.88 Å². The summed E-state index contributed by atoms with van der Waals surface area (Å²) in [4.78, 5) is 0. The Kier molecular flexibility index (Phi) is 2.55. The molecule has 1 aromatic carbocycles. The normalized spacial score (nSPS) is 8.82. The molecular weight excluding hydrogens is 138 g/mol. The highest BCUT2D eigenvalue weighted by molar-refractivity contribution is 5.22. The number of nitrogens with one attached hydrogen (secondary N) is 1. The van der Waals surface area contributed by atoms with Gasteiger partial charge in [0.15, 0.2) is 5.88 Å². The maximum atomic E-state index is 5.26. The minimum atomic E-state index is 0.552. The molecule has 0 aliphatic heterocycles. The van der Waals surface area contributed by atoms with Crippen LogP contribution in [-0.2, 0) is 0 Å². The molecular formula is C9H11NO. The third-order valence-corrected chi connectivity index (χ3v) is 1.26. The van der Waals surface area contributed by atoms with Crippen LogP contribution in [0.5, 0.6) is 5.75 Å². The van der Waals surface area contributed by atoms with E-state index in [4.69, 9.17) is 4.74 Å². The van der Waals surface area contributed by atoms with Gasteiger partial charge in [0.05, 0.1) is 0 Å². The van der Waals surface area contributed by atoms with E-state index in [1.54, 1.807) is 7.05 Å². The standard InChI is InChI=1S/C9H11NO/c1-8(10-2)11-9-6-4-3-5-7-9/h3-7,10H,1H2,2H3. The first-order chi connectivity index (χ1) is 5.33. The fraction of sp³-hybridized carbons (Fsp3) is 0.111. The van der Waals surface area contributed by atoms with Gasteiger partial charge in [0.25, 0.3) is 0 Å². The lowest BCUT2D eigenvalue weighted by molar-refractivity contribution is 0.395. The Balaban J connectivity index is 2.58. The molecule has 2 heteroatoms. The Morgan fingerprint density at radius 1 is 1.36 bits per heavy atom. The molecule has 1 rings (SSSR count). The van der Waals surface area contributed by atoms with E-state index < -0.39 is 0 Å². The summed E-state index contributed by atoms with van der Waals surface area (Å²) in [7, 11) is 1.77. The molecule has 0 aliphatic rings. The summed E-state index contributed by atoms with van der Waals surface area (Å²) in [5, 5.41) is 2.80. The Labute approximate surface area is 66.5 Å². The smallest absolute Gasteiger partial charge is 0.185 e. The quantitative estimate of drug-likeness (QED) is 0.661. The van der Waals surface area contributed by atoms with Crippen molar-refractivity contribution in [2.24, 2.45) is 0 Å². The monoisotopic (exact) mass is 149 g/mol. The van der Waals surface area contributed by atoms with Crippen molar-refractivity contribution in [1.82, 2.24) is 5.32 Å². The molecule has 0 fully saturated rings. The second-order valence-electron chi connectivity index (χ2n) is 2.09. The molecule has 0 aliphatic carbocycles. The molecule has 58 valence electrons. The van der Waals surface area contributed by atoms with E-state index in [1.807, 2.05) is 30.3 Å². The summed E-state index contributed by atoms with van der Waals surface area (Å²) in [6.45, 7) is 3.64. The summed E-state index contributed by atoms with van der Waals surface area (Å²) >= 11 is 0. The summed E-state index contributed by atoms with van der Waals surface area (Å²) in [5.41, 5.74) is 0. The van der Waals surface area contributed by atoms with Crippen molar-refractivity contribution < 1.29 is 4.74 Å². The van der Waals surface area contributed by atoms with Crippen molar-refractivity contribution in [1.29, 1.82) is 0 Å². The van der Waals surface area contributed by atoms with Crippen LogP contribution in [-0.4, -0.2) is 7.05 Å². The number of benzene rings is 1. The number of ether oxygens (including phenoxy) is 1. The molecule has 0 spiro atoms. The number of rotatable bonds is 3. The van der Waals surface area contributed by atoms with Crippen LogP contribution in [0.4, 0.5) is 0 Å². The van der Waals surface area contributed by atoms with E-state index in [0.717, 1.165) is 5.75 Å². The third-order valence-electron chi connectivity index (χ3n) is 1.26. The molecule has 0 amide bonds. The topological polar surface area (TPSA) is 21.3 Å². The summed E-state index contributed by atoms with van der Waals surface area (Å²) < 4.78 is 5.26. The molecule has 1 N–H and O–H groups in total. The molecule has 2 nitrogen and oxygen atoms in total. The fourth-order valence-corrected chi connectivity index (χ4v) is 0.682. The first kappa shape index (κ1) is 7.66. The molecule has 0 bridgehead atoms. The Morgan fingerprint density at radius 2 is 2.00 bits per heavy atom. The second-order valence-corrected chi connectivity index (χ2v) is 2.09. The predicted molar refractivity (Wildman–Crippen MR) is 45.3 cm³/mol. The van der Waals surface area contributed by atoms with Crippen molar-refractivity contribution in [2.75, 3.05) is 7.05 Å². The molecule has 0 aromatic heterocycles. The highest BCUT2D eigenvalue weighted by atomic mass is 16.5. The van der Waals surface area contributed by atoms with E-state index in [-0.39, 0.29) is 0 Å². The first-order valence-corrected chi connectivity index (χ1v) is 3.42. The zero-order chi connectivity index (χ0) is 8.10. The van der Waals surface area contributed by atoms with Crippen LogP contribution in [0.2, 0.25) is 0 Å². The average molecular weight is 149 g/mol. The molecule has 0 atom stereocenters. The number of hydrogen-bond donors (Lipinski definition) is 1. The van der Waals surface area contributed by atoms with Gasteiger partial charge in [0.2, 0.25) is 0 Å². The van der Waals surface area contributed by atoms with Crippen LogP contribution in [0.1, 0.15) is 0 Å². The van der Waals surface area contributed by atoms with Gasteiger partial charge in [-0.05, 0) is 18.7 Å². The van der Waals surface area contributed by atoms with E-state index in [9.17, 15) is 0 Å². The van der Waals surface area contributed by atoms with Gasteiger partial charge in [-0.1, -0.05) is 18.2 Å². The lowest BCUT2D eigenvalue weighted by atomic mass is 10.3.